The number of aryl methyl sites for hydroxylation is 1. The van der Waals surface area contributed by atoms with Crippen LogP contribution < -0.4 is 10.1 Å². The lowest BCUT2D eigenvalue weighted by Gasteiger charge is -2.22. The Morgan fingerprint density at radius 2 is 2.50 bits per heavy atom. The van der Waals surface area contributed by atoms with Crippen LogP contribution in [0.25, 0.3) is 0 Å². The molecule has 1 fully saturated rings. The Bertz CT molecular complexity index is 297. The van der Waals surface area contributed by atoms with Gasteiger partial charge in [0.25, 0.3) is 0 Å². The molecule has 1 atom stereocenters. The van der Waals surface area contributed by atoms with Crippen molar-refractivity contribution >= 4 is 0 Å². The predicted octanol–water partition coefficient (Wildman–Crippen LogP) is 0.916. The van der Waals surface area contributed by atoms with Crippen molar-refractivity contribution in [2.45, 2.75) is 25.9 Å². The molecule has 0 saturated carbocycles. The van der Waals surface area contributed by atoms with E-state index in [4.69, 9.17) is 4.74 Å². The van der Waals surface area contributed by atoms with E-state index < -0.39 is 0 Å². The molecule has 0 bridgehead atoms. The van der Waals surface area contributed by atoms with Crippen LogP contribution in [0.5, 0.6) is 6.01 Å². The molecule has 1 aromatic heterocycles. The molecular weight excluding hydrogens is 178 g/mol. The molecule has 14 heavy (non-hydrogen) atoms. The first-order valence-corrected chi connectivity index (χ1v) is 5.01. The van der Waals surface area contributed by atoms with Crippen molar-refractivity contribution in [3.8, 4) is 6.01 Å². The maximum absolute atomic E-state index is 5.65. The van der Waals surface area contributed by atoms with E-state index in [1.807, 2.05) is 13.0 Å². The molecule has 2 rings (SSSR count). The molecule has 0 spiro atoms. The molecule has 0 radical (unpaired) electrons. The van der Waals surface area contributed by atoms with Crippen molar-refractivity contribution in [1.82, 2.24) is 15.3 Å². The summed E-state index contributed by atoms with van der Waals surface area (Å²) in [5.74, 6) is 0. The monoisotopic (exact) mass is 193 g/mol. The predicted molar refractivity (Wildman–Crippen MR) is 53.3 cm³/mol. The van der Waals surface area contributed by atoms with Gasteiger partial charge in [-0.2, -0.15) is 0 Å². The van der Waals surface area contributed by atoms with Gasteiger partial charge in [-0.05, 0) is 32.4 Å². The number of ether oxygens (including phenoxy) is 1. The van der Waals surface area contributed by atoms with Gasteiger partial charge in [0.05, 0.1) is 0 Å². The molecule has 0 amide bonds. The lowest BCUT2D eigenvalue weighted by molar-refractivity contribution is 0.153. The zero-order valence-electron chi connectivity index (χ0n) is 8.36. The topological polar surface area (TPSA) is 47.0 Å². The zero-order valence-corrected chi connectivity index (χ0v) is 8.36. The van der Waals surface area contributed by atoms with E-state index in [1.165, 1.54) is 0 Å². The summed E-state index contributed by atoms with van der Waals surface area (Å²) in [5, 5.41) is 3.29. The van der Waals surface area contributed by atoms with Crippen LogP contribution in [0.1, 0.15) is 18.5 Å². The second-order valence-corrected chi connectivity index (χ2v) is 3.57. The Labute approximate surface area is 83.7 Å². The molecule has 1 aromatic rings. The minimum absolute atomic E-state index is 0.227. The summed E-state index contributed by atoms with van der Waals surface area (Å²) >= 11 is 0. The fraction of sp³-hybridized carbons (Fsp3) is 0.600. The van der Waals surface area contributed by atoms with Crippen LogP contribution in [0.2, 0.25) is 0 Å². The Hall–Kier alpha value is -1.16. The molecule has 1 saturated heterocycles. The molecular formula is C10H15N3O. The Morgan fingerprint density at radius 1 is 1.57 bits per heavy atom. The standard InChI is InChI=1S/C10H15N3O/c1-8-4-6-12-10(13-8)14-9-3-2-5-11-7-9/h4,6,9,11H,2-3,5,7H2,1H3/t9-/m1/s1. The fourth-order valence-electron chi connectivity index (χ4n) is 1.55. The summed E-state index contributed by atoms with van der Waals surface area (Å²) < 4.78 is 5.65. The number of aromatic nitrogens is 2. The van der Waals surface area contributed by atoms with Gasteiger partial charge in [0.15, 0.2) is 0 Å². The molecule has 1 aliphatic rings. The normalized spacial score (nSPS) is 21.9. The first kappa shape index (κ1) is 9.40. The number of hydrogen-bond donors (Lipinski definition) is 1. The van der Waals surface area contributed by atoms with Crippen molar-refractivity contribution in [1.29, 1.82) is 0 Å². The number of nitrogens with zero attached hydrogens (tertiary/aromatic N) is 2. The van der Waals surface area contributed by atoms with Gasteiger partial charge in [-0.25, -0.2) is 9.97 Å². The van der Waals surface area contributed by atoms with E-state index in [0.717, 1.165) is 31.6 Å². The Kier molecular flexibility index (Phi) is 2.93. The molecule has 2 heterocycles. The number of rotatable bonds is 2. The van der Waals surface area contributed by atoms with Crippen molar-refractivity contribution in [3.63, 3.8) is 0 Å². The number of nitrogens with one attached hydrogen (secondary N) is 1. The maximum atomic E-state index is 5.65. The minimum atomic E-state index is 0.227. The quantitative estimate of drug-likeness (QED) is 0.758. The molecule has 76 valence electrons. The Morgan fingerprint density at radius 3 is 3.21 bits per heavy atom. The second-order valence-electron chi connectivity index (χ2n) is 3.57. The SMILES string of the molecule is Cc1ccnc(O[C@@H]2CCCNC2)n1. The summed E-state index contributed by atoms with van der Waals surface area (Å²) in [6, 6.07) is 2.37. The average molecular weight is 193 g/mol. The third kappa shape index (κ3) is 2.42. The third-order valence-corrected chi connectivity index (χ3v) is 2.30. The van der Waals surface area contributed by atoms with Crippen LogP contribution in [0.4, 0.5) is 0 Å². The summed E-state index contributed by atoms with van der Waals surface area (Å²) in [4.78, 5) is 8.28. The maximum Gasteiger partial charge on any atom is 0.316 e. The molecule has 4 heteroatoms. The van der Waals surface area contributed by atoms with Crippen molar-refractivity contribution in [2.75, 3.05) is 13.1 Å². The smallest absolute Gasteiger partial charge is 0.316 e. The van der Waals surface area contributed by atoms with Gasteiger partial charge in [-0.15, -0.1) is 0 Å². The van der Waals surface area contributed by atoms with Gasteiger partial charge in [0, 0.05) is 18.4 Å². The molecule has 0 aromatic carbocycles. The largest absolute Gasteiger partial charge is 0.459 e. The van der Waals surface area contributed by atoms with Crippen LogP contribution in [0.15, 0.2) is 12.3 Å². The highest BCUT2D eigenvalue weighted by Crippen LogP contribution is 2.10. The fourth-order valence-corrected chi connectivity index (χ4v) is 1.55. The summed E-state index contributed by atoms with van der Waals surface area (Å²) in [5.41, 5.74) is 0.943. The first-order valence-electron chi connectivity index (χ1n) is 5.01. The highest BCUT2D eigenvalue weighted by Gasteiger charge is 2.15. The summed E-state index contributed by atoms with van der Waals surface area (Å²) in [7, 11) is 0. The van der Waals surface area contributed by atoms with E-state index in [2.05, 4.69) is 15.3 Å². The zero-order chi connectivity index (χ0) is 9.80. The first-order chi connectivity index (χ1) is 6.84. The van der Waals surface area contributed by atoms with E-state index in [0.29, 0.717) is 6.01 Å². The lowest BCUT2D eigenvalue weighted by Crippen LogP contribution is -2.37. The minimum Gasteiger partial charge on any atom is -0.459 e. The van der Waals surface area contributed by atoms with E-state index >= 15 is 0 Å². The number of piperidine rings is 1. The van der Waals surface area contributed by atoms with E-state index in [9.17, 15) is 0 Å². The van der Waals surface area contributed by atoms with Crippen LogP contribution in [0.3, 0.4) is 0 Å². The molecule has 1 aliphatic heterocycles. The van der Waals surface area contributed by atoms with Crippen LogP contribution in [0, 0.1) is 6.92 Å². The molecule has 0 unspecified atom stereocenters. The van der Waals surface area contributed by atoms with Gasteiger partial charge in [0.1, 0.15) is 6.10 Å². The van der Waals surface area contributed by atoms with Crippen LogP contribution >= 0.6 is 0 Å². The summed E-state index contributed by atoms with van der Waals surface area (Å²) in [6.07, 6.45) is 4.21. The summed E-state index contributed by atoms with van der Waals surface area (Å²) in [6.45, 7) is 3.93. The lowest BCUT2D eigenvalue weighted by atomic mass is 10.1. The molecule has 0 aliphatic carbocycles. The third-order valence-electron chi connectivity index (χ3n) is 2.30. The van der Waals surface area contributed by atoms with Gasteiger partial charge in [-0.1, -0.05) is 0 Å². The average Bonchev–Trinajstić information content (AvgIpc) is 2.19. The number of hydrogen-bond acceptors (Lipinski definition) is 4. The molecule has 4 nitrogen and oxygen atoms in total. The van der Waals surface area contributed by atoms with Crippen molar-refractivity contribution in [2.24, 2.45) is 0 Å². The molecule has 1 N–H and O–H groups in total. The van der Waals surface area contributed by atoms with E-state index in [-0.39, 0.29) is 6.10 Å². The van der Waals surface area contributed by atoms with E-state index in [1.54, 1.807) is 6.20 Å². The van der Waals surface area contributed by atoms with Crippen molar-refractivity contribution < 1.29 is 4.74 Å². The van der Waals surface area contributed by atoms with Gasteiger partial charge >= 0.3 is 6.01 Å². The Balaban J connectivity index is 1.95. The van der Waals surface area contributed by atoms with Gasteiger partial charge in [-0.3, -0.25) is 0 Å². The highest BCUT2D eigenvalue weighted by molar-refractivity contribution is 5.03. The van der Waals surface area contributed by atoms with Gasteiger partial charge < -0.3 is 10.1 Å². The van der Waals surface area contributed by atoms with Crippen LogP contribution in [-0.4, -0.2) is 29.2 Å². The van der Waals surface area contributed by atoms with Crippen LogP contribution in [-0.2, 0) is 0 Å². The van der Waals surface area contributed by atoms with Gasteiger partial charge in [0.2, 0.25) is 0 Å². The van der Waals surface area contributed by atoms with Crippen molar-refractivity contribution in [3.05, 3.63) is 18.0 Å². The highest BCUT2D eigenvalue weighted by atomic mass is 16.5. The second kappa shape index (κ2) is 4.37.